The SMILES string of the molecule is CCCNC1NC(=O)C2C(O)CCN2C(=O)C(C(O)CCN)NC(=O)C(C(O)C(O)c2ccc(O)cc2)CC(=O)C2CC(O)CN2C(=O)C(C(C)O)NC(=O)C(NC(=O)CCCCCCCCC(C)CC(C)CC)CC1O. The number of Topliss-reactive ketones (excluding diaryl/α,β-unsaturated/α-hetero) is 1. The van der Waals surface area contributed by atoms with E-state index in [1.165, 1.54) is 37.6 Å². The van der Waals surface area contributed by atoms with Gasteiger partial charge in [-0.2, -0.15) is 0 Å². The third-order valence-electron chi connectivity index (χ3n) is 15.3. The van der Waals surface area contributed by atoms with Crippen molar-refractivity contribution in [2.24, 2.45) is 23.5 Å². The number of benzene rings is 1. The van der Waals surface area contributed by atoms with Crippen LogP contribution in [0.4, 0.5) is 0 Å². The van der Waals surface area contributed by atoms with Crippen molar-refractivity contribution >= 4 is 41.2 Å². The molecule has 0 aliphatic carbocycles. The molecule has 436 valence electrons. The minimum Gasteiger partial charge on any atom is -0.508 e. The van der Waals surface area contributed by atoms with Gasteiger partial charge in [0.25, 0.3) is 0 Å². The van der Waals surface area contributed by atoms with Gasteiger partial charge in [-0.1, -0.05) is 84.8 Å². The number of hydrogen-bond donors (Lipinski definition) is 14. The monoisotopic (exact) mass is 1090 g/mol. The Bertz CT molecular complexity index is 2070. The van der Waals surface area contributed by atoms with Gasteiger partial charge in [0.2, 0.25) is 35.4 Å². The molecule has 0 aromatic heterocycles. The molecule has 3 aliphatic heterocycles. The second kappa shape index (κ2) is 31.7. The molecule has 3 aliphatic rings. The number of aliphatic hydroxyl groups is 7. The minimum absolute atomic E-state index is 0.00228. The van der Waals surface area contributed by atoms with Crippen molar-refractivity contribution in [3.63, 3.8) is 0 Å². The van der Waals surface area contributed by atoms with Crippen LogP contribution in [0.2, 0.25) is 0 Å². The molecule has 0 radical (unpaired) electrons. The van der Waals surface area contributed by atoms with E-state index in [9.17, 15) is 74.4 Å². The average molecular weight is 1090 g/mol. The van der Waals surface area contributed by atoms with Crippen LogP contribution in [0.3, 0.4) is 0 Å². The second-order valence-corrected chi connectivity index (χ2v) is 21.8. The van der Waals surface area contributed by atoms with Gasteiger partial charge in [-0.3, -0.25) is 38.9 Å². The first-order chi connectivity index (χ1) is 36.5. The zero-order valence-electron chi connectivity index (χ0n) is 45.6. The summed E-state index contributed by atoms with van der Waals surface area (Å²) in [5.74, 6) is -7.77. The zero-order chi connectivity index (χ0) is 57.1. The zero-order valence-corrected chi connectivity index (χ0v) is 45.6. The highest BCUT2D eigenvalue weighted by Crippen LogP contribution is 2.30. The molecule has 0 bridgehead atoms. The van der Waals surface area contributed by atoms with Crippen LogP contribution in [-0.2, 0) is 33.6 Å². The highest BCUT2D eigenvalue weighted by molar-refractivity contribution is 5.98. The van der Waals surface area contributed by atoms with Crippen molar-refractivity contribution in [1.82, 2.24) is 36.4 Å². The van der Waals surface area contributed by atoms with Crippen LogP contribution in [0.1, 0.15) is 149 Å². The molecular weight excluding hydrogens is 1000 g/mol. The molecular formula is C54H90N8O15. The first-order valence-electron chi connectivity index (χ1n) is 27.9. The van der Waals surface area contributed by atoms with Gasteiger partial charge in [-0.25, -0.2) is 0 Å². The van der Waals surface area contributed by atoms with E-state index in [0.29, 0.717) is 24.7 Å². The second-order valence-electron chi connectivity index (χ2n) is 21.8. The lowest BCUT2D eigenvalue weighted by Gasteiger charge is -2.34. The summed E-state index contributed by atoms with van der Waals surface area (Å²) in [4.78, 5) is 102. The first kappa shape index (κ1) is 64.7. The summed E-state index contributed by atoms with van der Waals surface area (Å²) in [6, 6.07) is -3.73. The molecule has 23 nitrogen and oxygen atoms in total. The lowest BCUT2D eigenvalue weighted by Crippen LogP contribution is -2.63. The van der Waals surface area contributed by atoms with E-state index < -0.39 is 152 Å². The number of phenolic OH excluding ortho intramolecular Hbond substituents is 1. The summed E-state index contributed by atoms with van der Waals surface area (Å²) < 4.78 is 0. The van der Waals surface area contributed by atoms with E-state index in [0.717, 1.165) is 54.7 Å². The average Bonchev–Trinajstić information content (AvgIpc) is 3.99. The fourth-order valence-corrected chi connectivity index (χ4v) is 10.6. The molecule has 1 aromatic rings. The Hall–Kier alpha value is -4.85. The maximum Gasteiger partial charge on any atom is 0.248 e. The Labute approximate surface area is 452 Å². The number of nitrogens with zero attached hydrogens (tertiary/aromatic N) is 2. The van der Waals surface area contributed by atoms with Crippen LogP contribution in [0.15, 0.2) is 24.3 Å². The van der Waals surface area contributed by atoms with Crippen molar-refractivity contribution in [2.45, 2.75) is 216 Å². The Morgan fingerprint density at radius 2 is 1.40 bits per heavy atom. The minimum atomic E-state index is -2.16. The van der Waals surface area contributed by atoms with Crippen molar-refractivity contribution in [3.8, 4) is 5.75 Å². The molecule has 15 N–H and O–H groups in total. The number of nitrogens with two attached hydrogens (primary N) is 1. The molecule has 16 unspecified atom stereocenters. The molecule has 1 aromatic carbocycles. The summed E-state index contributed by atoms with van der Waals surface area (Å²) >= 11 is 0. The van der Waals surface area contributed by atoms with Crippen molar-refractivity contribution in [2.75, 3.05) is 26.2 Å². The first-order valence-corrected chi connectivity index (χ1v) is 27.9. The number of aromatic hydroxyl groups is 1. The summed E-state index contributed by atoms with van der Waals surface area (Å²) in [5.41, 5.74) is 5.76. The third kappa shape index (κ3) is 18.9. The predicted octanol–water partition coefficient (Wildman–Crippen LogP) is -0.770. The molecule has 3 heterocycles. The lowest BCUT2D eigenvalue weighted by molar-refractivity contribution is -0.149. The van der Waals surface area contributed by atoms with E-state index in [-0.39, 0.29) is 50.2 Å². The Morgan fingerprint density at radius 3 is 2.04 bits per heavy atom. The lowest BCUT2D eigenvalue weighted by atomic mass is 9.86. The van der Waals surface area contributed by atoms with Crippen LogP contribution < -0.4 is 32.3 Å². The van der Waals surface area contributed by atoms with Gasteiger partial charge in [-0.15, -0.1) is 0 Å². The summed E-state index contributed by atoms with van der Waals surface area (Å²) in [5, 5.41) is 103. The number of rotatable bonds is 23. The van der Waals surface area contributed by atoms with Crippen molar-refractivity contribution in [1.29, 1.82) is 0 Å². The van der Waals surface area contributed by atoms with E-state index in [1.807, 2.05) is 0 Å². The molecule has 16 atom stereocenters. The number of unbranched alkanes of at least 4 members (excludes halogenated alkanes) is 5. The van der Waals surface area contributed by atoms with E-state index in [2.05, 4.69) is 47.4 Å². The number of nitrogens with one attached hydrogen (secondary N) is 5. The summed E-state index contributed by atoms with van der Waals surface area (Å²) in [6.45, 7) is 8.95. The number of aliphatic hydroxyl groups excluding tert-OH is 7. The number of carbonyl (C=O) groups is 7. The maximum atomic E-state index is 14.6. The summed E-state index contributed by atoms with van der Waals surface area (Å²) in [6.07, 6.45) is -6.61. The third-order valence-corrected chi connectivity index (χ3v) is 15.3. The van der Waals surface area contributed by atoms with Gasteiger partial charge in [0.1, 0.15) is 42.2 Å². The summed E-state index contributed by atoms with van der Waals surface area (Å²) in [7, 11) is 0. The highest BCUT2D eigenvalue weighted by Gasteiger charge is 2.49. The van der Waals surface area contributed by atoms with Gasteiger partial charge < -0.3 is 77.7 Å². The topological polar surface area (TPSA) is 374 Å². The molecule has 0 spiro atoms. The van der Waals surface area contributed by atoms with Gasteiger partial charge >= 0.3 is 0 Å². The van der Waals surface area contributed by atoms with Crippen molar-refractivity contribution < 1.29 is 74.4 Å². The largest absolute Gasteiger partial charge is 0.508 e. The van der Waals surface area contributed by atoms with E-state index in [1.54, 1.807) is 6.92 Å². The normalized spacial score (nSPS) is 28.7. The number of hydrogen-bond acceptors (Lipinski definition) is 17. The smallest absolute Gasteiger partial charge is 0.248 e. The fraction of sp³-hybridized carbons (Fsp3) is 0.759. The highest BCUT2D eigenvalue weighted by atomic mass is 16.3. The molecule has 4 rings (SSSR count). The van der Waals surface area contributed by atoms with Crippen LogP contribution in [0.5, 0.6) is 5.75 Å². The van der Waals surface area contributed by atoms with Crippen molar-refractivity contribution in [3.05, 3.63) is 29.8 Å². The fourth-order valence-electron chi connectivity index (χ4n) is 10.6. The Kier molecular flexibility index (Phi) is 26.6. The van der Waals surface area contributed by atoms with Crippen LogP contribution >= 0.6 is 0 Å². The Morgan fingerprint density at radius 1 is 0.766 bits per heavy atom. The number of carbonyl (C=O) groups excluding carboxylic acids is 7. The number of fused-ring (bicyclic) bond motifs is 2. The van der Waals surface area contributed by atoms with Gasteiger partial charge in [0, 0.05) is 38.8 Å². The molecule has 77 heavy (non-hydrogen) atoms. The van der Waals surface area contributed by atoms with Gasteiger partial charge in [-0.05, 0) is 81.6 Å². The molecule has 0 saturated carbocycles. The van der Waals surface area contributed by atoms with Crippen LogP contribution in [0, 0.1) is 17.8 Å². The predicted molar refractivity (Wildman–Crippen MR) is 283 cm³/mol. The maximum absolute atomic E-state index is 14.6. The standard InChI is InChI=1S/C54H90N8O15/c1-6-23-56-49-42(69)28-37(57-43(70)15-13-11-9-8-10-12-14-31(4)25-30(3)7-2)51(74)58-44(32(5)63)53(76)62-29-35(65)26-38(62)41(68)27-36(48(72)47(71)33-16-18-34(64)19-17-33)50(73)59-45(39(66)20-22-55)54(77)61-24-21-40(67)46(61)52(75)60-49/h16-19,30-32,35-40,42,44-49,56,63-67,69,71-72H,6-15,20-29,55H2,1-5H3,(H,57,70)(H,58,74)(H,59,73)(H,60,75). The number of ketones is 1. The molecule has 3 saturated heterocycles. The molecule has 3 fully saturated rings. The number of phenols is 1. The quantitative estimate of drug-likeness (QED) is 0.0599. The van der Waals surface area contributed by atoms with Crippen LogP contribution in [-0.4, -0.2) is 191 Å². The number of amides is 6. The Balaban J connectivity index is 1.73. The van der Waals surface area contributed by atoms with E-state index >= 15 is 0 Å². The molecule has 6 amide bonds. The van der Waals surface area contributed by atoms with E-state index in [4.69, 9.17) is 5.73 Å². The van der Waals surface area contributed by atoms with Gasteiger partial charge in [0.05, 0.1) is 48.6 Å². The van der Waals surface area contributed by atoms with Gasteiger partial charge in [0.15, 0.2) is 5.78 Å². The molecule has 23 heteroatoms. The van der Waals surface area contributed by atoms with Crippen LogP contribution in [0.25, 0.3) is 0 Å².